The van der Waals surface area contributed by atoms with Gasteiger partial charge in [0.25, 0.3) is 0 Å². The fourth-order valence-electron chi connectivity index (χ4n) is 6.76. The second-order valence-corrected chi connectivity index (χ2v) is 15.1. The Labute approximate surface area is 282 Å². The number of nitrogens with zero attached hydrogens (tertiary/aromatic N) is 1. The summed E-state index contributed by atoms with van der Waals surface area (Å²) in [6, 6.07) is 42.2. The first-order chi connectivity index (χ1) is 23.0. The third-order valence-electron chi connectivity index (χ3n) is 9.56. The smallest absolute Gasteiger partial charge is 0.127 e. The molecule has 1 heterocycles. The number of piperidine rings is 1. The van der Waals surface area contributed by atoms with Crippen molar-refractivity contribution < 1.29 is 9.13 Å². The average molecular weight is 644 g/mol. The van der Waals surface area contributed by atoms with Crippen LogP contribution in [0.1, 0.15) is 78.5 Å². The highest BCUT2D eigenvalue weighted by atomic mass is 31.1. The predicted octanol–water partition coefficient (Wildman–Crippen LogP) is 10.2. The lowest BCUT2D eigenvalue weighted by Crippen LogP contribution is -2.31. The summed E-state index contributed by atoms with van der Waals surface area (Å²) in [6.45, 7) is 8.18. The minimum Gasteiger partial charge on any atom is -0.488 e. The fourth-order valence-corrected chi connectivity index (χ4v) is 8.33. The van der Waals surface area contributed by atoms with E-state index in [-0.39, 0.29) is 11.0 Å². The van der Waals surface area contributed by atoms with E-state index < -0.39 is 0 Å². The van der Waals surface area contributed by atoms with Gasteiger partial charge in [-0.05, 0) is 89.6 Å². The quantitative estimate of drug-likeness (QED) is 0.118. The van der Waals surface area contributed by atoms with Crippen LogP contribution in [-0.4, -0.2) is 18.0 Å². The topological polar surface area (TPSA) is 12.5 Å². The maximum absolute atomic E-state index is 14.7. The molecule has 0 amide bonds. The van der Waals surface area contributed by atoms with E-state index in [9.17, 15) is 4.39 Å². The minimum atomic E-state index is -0.210. The molecule has 0 spiro atoms. The van der Waals surface area contributed by atoms with Gasteiger partial charge in [0.05, 0.1) is 0 Å². The van der Waals surface area contributed by atoms with Gasteiger partial charge in [-0.2, -0.15) is 0 Å². The molecule has 242 valence electrons. The van der Waals surface area contributed by atoms with Crippen molar-refractivity contribution >= 4 is 13.9 Å². The van der Waals surface area contributed by atoms with Crippen LogP contribution in [0.25, 0.3) is 0 Å². The Morgan fingerprint density at radius 2 is 1.30 bits per heavy atom. The highest BCUT2D eigenvalue weighted by molar-refractivity contribution is 7.48. The third kappa shape index (κ3) is 8.78. The zero-order valence-electron chi connectivity index (χ0n) is 27.9. The van der Waals surface area contributed by atoms with E-state index in [4.69, 9.17) is 4.74 Å². The minimum absolute atomic E-state index is 0.148. The normalized spacial score (nSPS) is 15.1. The summed E-state index contributed by atoms with van der Waals surface area (Å²) < 4.78 is 21.7. The van der Waals surface area contributed by atoms with E-state index in [0.717, 1.165) is 55.8 Å². The number of halogens is 1. The molecule has 0 aromatic heterocycles. The Balaban J connectivity index is 1.45. The molecule has 1 saturated heterocycles. The van der Waals surface area contributed by atoms with Crippen molar-refractivity contribution in [1.29, 1.82) is 0 Å². The molecule has 5 aromatic rings. The van der Waals surface area contributed by atoms with Gasteiger partial charge in [0.2, 0.25) is 0 Å². The van der Waals surface area contributed by atoms with Gasteiger partial charge in [-0.15, -0.1) is 0 Å². The first kappa shape index (κ1) is 33.1. The summed E-state index contributed by atoms with van der Waals surface area (Å²) in [7, 11) is 0.465. The molecule has 0 N–H and O–H groups in total. The summed E-state index contributed by atoms with van der Waals surface area (Å²) in [4.78, 5) is 2.50. The zero-order chi connectivity index (χ0) is 32.5. The Kier molecular flexibility index (Phi) is 11.2. The first-order valence-corrected chi connectivity index (χ1v) is 18.2. The van der Waals surface area contributed by atoms with Crippen LogP contribution in [-0.2, 0) is 31.1 Å². The van der Waals surface area contributed by atoms with Crippen molar-refractivity contribution in [1.82, 2.24) is 4.90 Å². The highest BCUT2D eigenvalue weighted by Crippen LogP contribution is 2.49. The predicted molar refractivity (Wildman–Crippen MR) is 197 cm³/mol. The monoisotopic (exact) mass is 643 g/mol. The van der Waals surface area contributed by atoms with Gasteiger partial charge in [-0.25, -0.2) is 4.39 Å². The fraction of sp³-hybridized carbons (Fsp3) is 0.302. The molecule has 5 aromatic carbocycles. The Morgan fingerprint density at radius 3 is 1.94 bits per heavy atom. The number of rotatable bonds is 13. The van der Waals surface area contributed by atoms with Gasteiger partial charge < -0.3 is 4.74 Å². The molecule has 2 unspecified atom stereocenters. The molecule has 0 saturated carbocycles. The van der Waals surface area contributed by atoms with Crippen LogP contribution in [0.3, 0.4) is 0 Å². The Hall–Kier alpha value is -3.78. The van der Waals surface area contributed by atoms with Gasteiger partial charge in [-0.3, -0.25) is 4.90 Å². The maximum Gasteiger partial charge on any atom is 0.127 e. The molecule has 1 aliphatic rings. The van der Waals surface area contributed by atoms with E-state index in [2.05, 4.69) is 116 Å². The summed E-state index contributed by atoms with van der Waals surface area (Å²) in [6.07, 6.45) is 6.32. The summed E-state index contributed by atoms with van der Waals surface area (Å²) in [5.41, 5.74) is 8.60. The van der Waals surface area contributed by atoms with Crippen LogP contribution in [0.5, 0.6) is 5.75 Å². The van der Waals surface area contributed by atoms with Gasteiger partial charge in [0, 0.05) is 23.7 Å². The van der Waals surface area contributed by atoms with Gasteiger partial charge >= 0.3 is 0 Å². The van der Waals surface area contributed by atoms with Crippen molar-refractivity contribution in [3.63, 3.8) is 0 Å². The van der Waals surface area contributed by atoms with E-state index in [1.807, 2.05) is 12.1 Å². The number of likely N-dealkylation sites (tertiary alicyclic amines) is 1. The number of hydrogen-bond acceptors (Lipinski definition) is 2. The Morgan fingerprint density at radius 1 is 0.681 bits per heavy atom. The largest absolute Gasteiger partial charge is 0.488 e. The summed E-state index contributed by atoms with van der Waals surface area (Å²) in [5, 5.41) is 1.05. The molecule has 2 nitrogen and oxygen atoms in total. The van der Waals surface area contributed by atoms with E-state index in [1.165, 1.54) is 52.4 Å². The molecule has 0 aliphatic carbocycles. The lowest BCUT2D eigenvalue weighted by molar-refractivity contribution is 0.221. The highest BCUT2D eigenvalue weighted by Gasteiger charge is 2.32. The number of benzene rings is 5. The van der Waals surface area contributed by atoms with Gasteiger partial charge in [0.1, 0.15) is 18.2 Å². The molecule has 1 fully saturated rings. The van der Waals surface area contributed by atoms with E-state index in [1.54, 1.807) is 12.1 Å². The molecular weight excluding hydrogens is 596 g/mol. The maximum atomic E-state index is 14.7. The van der Waals surface area contributed by atoms with E-state index >= 15 is 0 Å². The van der Waals surface area contributed by atoms with Crippen molar-refractivity contribution in [3.8, 4) is 5.75 Å². The molecule has 47 heavy (non-hydrogen) atoms. The van der Waals surface area contributed by atoms with Crippen molar-refractivity contribution in [2.45, 2.75) is 70.7 Å². The molecule has 4 heteroatoms. The second-order valence-electron chi connectivity index (χ2n) is 13.2. The van der Waals surface area contributed by atoms with Gasteiger partial charge in [0.15, 0.2) is 0 Å². The van der Waals surface area contributed by atoms with Crippen molar-refractivity contribution in [2.24, 2.45) is 0 Å². The second kappa shape index (κ2) is 15.9. The molecule has 6 rings (SSSR count). The molecule has 2 atom stereocenters. The van der Waals surface area contributed by atoms with Gasteiger partial charge in [-0.1, -0.05) is 138 Å². The van der Waals surface area contributed by atoms with E-state index in [0.29, 0.717) is 15.2 Å². The average Bonchev–Trinajstić information content (AvgIpc) is 3.10. The number of ether oxygens (including phenoxy) is 1. The third-order valence-corrected chi connectivity index (χ3v) is 11.5. The van der Waals surface area contributed by atoms with Crippen LogP contribution < -0.4 is 10.0 Å². The molecule has 1 aliphatic heterocycles. The standard InChI is InChI=1S/C43H47FNOP/c1-3-43(2,47-41-23-22-39(44)30-38(41)31-45-24-14-7-15-25-45)40-29-36(26-33-16-8-4-9-17-33)28-37(27-34-18-10-5-11-19-34)42(40)46-32-35-20-12-6-13-21-35/h4-6,8-13,16-23,28-30,47H,3,7,14-15,24-27,31-32H2,1-2H3. The van der Waals surface area contributed by atoms with Crippen LogP contribution in [0.2, 0.25) is 0 Å². The zero-order valence-corrected chi connectivity index (χ0v) is 28.9. The molecule has 0 radical (unpaired) electrons. The summed E-state index contributed by atoms with van der Waals surface area (Å²) >= 11 is 0. The first-order valence-electron chi connectivity index (χ1n) is 17.2. The van der Waals surface area contributed by atoms with Crippen LogP contribution >= 0.6 is 8.58 Å². The van der Waals surface area contributed by atoms with Crippen LogP contribution in [0.4, 0.5) is 4.39 Å². The number of hydrogen-bond donors (Lipinski definition) is 0. The van der Waals surface area contributed by atoms with Crippen LogP contribution in [0.15, 0.2) is 121 Å². The Bertz CT molecular complexity index is 1720. The lowest BCUT2D eigenvalue weighted by Gasteiger charge is -2.34. The van der Waals surface area contributed by atoms with Crippen LogP contribution in [0, 0.1) is 5.82 Å². The SMILES string of the molecule is CCC(C)(Pc1ccc(F)cc1CN1CCCCC1)c1cc(Cc2ccccc2)cc(Cc2ccccc2)c1OCc1ccccc1. The van der Waals surface area contributed by atoms with Crippen molar-refractivity contribution in [3.05, 3.63) is 166 Å². The van der Waals surface area contributed by atoms with Crippen molar-refractivity contribution in [2.75, 3.05) is 13.1 Å². The lowest BCUT2D eigenvalue weighted by atomic mass is 9.88. The molecular formula is C43H47FNOP. The summed E-state index contributed by atoms with van der Waals surface area (Å²) in [5.74, 6) is 0.844. The molecule has 0 bridgehead atoms.